The summed E-state index contributed by atoms with van der Waals surface area (Å²) < 4.78 is 6.71. The molecule has 0 saturated heterocycles. The molecule has 250 valence electrons. The van der Waals surface area contributed by atoms with Crippen molar-refractivity contribution in [1.29, 1.82) is 0 Å². The number of rotatable bonds is 3. The maximum Gasteiger partial charge on any atom is 0.164 e. The van der Waals surface area contributed by atoms with Gasteiger partial charge >= 0.3 is 0 Å². The van der Waals surface area contributed by atoms with Crippen molar-refractivity contribution in [2.24, 2.45) is 0 Å². The van der Waals surface area contributed by atoms with Gasteiger partial charge in [0.25, 0.3) is 0 Å². The van der Waals surface area contributed by atoms with Gasteiger partial charge in [0.2, 0.25) is 0 Å². The van der Waals surface area contributed by atoms with Crippen LogP contribution in [0.3, 0.4) is 0 Å². The van der Waals surface area contributed by atoms with Crippen molar-refractivity contribution in [2.45, 2.75) is 5.41 Å². The van der Waals surface area contributed by atoms with Gasteiger partial charge in [-0.05, 0) is 91.0 Å². The van der Waals surface area contributed by atoms with Gasteiger partial charge in [0.15, 0.2) is 17.5 Å². The molecule has 0 N–H and O–H groups in total. The zero-order valence-electron chi connectivity index (χ0n) is 29.0. The molecule has 2 aliphatic rings. The normalized spacial score (nSPS) is 13.5. The fraction of sp³-hybridized carbons (Fsp3) is 0.0200. The van der Waals surface area contributed by atoms with Gasteiger partial charge in [-0.2, -0.15) is 0 Å². The Bertz CT molecular complexity index is 3040. The maximum atomic E-state index is 6.71. The highest BCUT2D eigenvalue weighted by atomic mass is 16.5. The summed E-state index contributed by atoms with van der Waals surface area (Å²) in [4.78, 5) is 15.6. The number of hydrogen-bond donors (Lipinski definition) is 0. The molecule has 1 aliphatic heterocycles. The average Bonchev–Trinajstić information content (AvgIpc) is 3.53. The van der Waals surface area contributed by atoms with E-state index in [9.17, 15) is 0 Å². The topological polar surface area (TPSA) is 47.9 Å². The SMILES string of the molecule is c1ccc(-c2nc(-c3ccc4c(c3)C3(c5ccccc5O4)c4ccccc4-c4ccccc43)nc(-c3cc4ccc5cccc6ccc(c3)c4c56)n2)cc1. The molecule has 2 heterocycles. The van der Waals surface area contributed by atoms with Gasteiger partial charge in [-0.1, -0.05) is 140 Å². The second kappa shape index (κ2) is 10.9. The van der Waals surface area contributed by atoms with E-state index in [4.69, 9.17) is 19.7 Å². The molecule has 4 heteroatoms. The number of fused-ring (bicyclic) bond motifs is 9. The van der Waals surface area contributed by atoms with Crippen LogP contribution < -0.4 is 4.74 Å². The predicted octanol–water partition coefficient (Wildman–Crippen LogP) is 12.2. The quantitative estimate of drug-likeness (QED) is 0.174. The molecule has 0 unspecified atom stereocenters. The molecule has 54 heavy (non-hydrogen) atoms. The molecule has 0 fully saturated rings. The van der Waals surface area contributed by atoms with E-state index in [0.29, 0.717) is 17.5 Å². The van der Waals surface area contributed by atoms with Gasteiger partial charge in [0.1, 0.15) is 11.5 Å². The molecular formula is C50H29N3O. The monoisotopic (exact) mass is 687 g/mol. The van der Waals surface area contributed by atoms with Crippen molar-refractivity contribution in [2.75, 3.05) is 0 Å². The van der Waals surface area contributed by atoms with E-state index in [1.807, 2.05) is 24.3 Å². The Balaban J connectivity index is 1.11. The van der Waals surface area contributed by atoms with E-state index in [-0.39, 0.29) is 0 Å². The summed E-state index contributed by atoms with van der Waals surface area (Å²) in [5.41, 5.74) is 9.37. The van der Waals surface area contributed by atoms with E-state index >= 15 is 0 Å². The molecule has 0 radical (unpaired) electrons. The predicted molar refractivity (Wildman–Crippen MR) is 217 cm³/mol. The van der Waals surface area contributed by atoms with E-state index < -0.39 is 5.41 Å². The fourth-order valence-electron chi connectivity index (χ4n) is 9.23. The van der Waals surface area contributed by atoms with Crippen LogP contribution in [0.1, 0.15) is 22.3 Å². The molecule has 0 amide bonds. The molecule has 9 aromatic carbocycles. The maximum absolute atomic E-state index is 6.71. The van der Waals surface area contributed by atoms with E-state index in [0.717, 1.165) is 39.3 Å². The molecule has 1 aliphatic carbocycles. The molecule has 12 rings (SSSR count). The average molecular weight is 688 g/mol. The van der Waals surface area contributed by atoms with Crippen LogP contribution in [0.25, 0.3) is 77.6 Å². The highest BCUT2D eigenvalue weighted by molar-refractivity contribution is 6.23. The van der Waals surface area contributed by atoms with Crippen LogP contribution in [0.4, 0.5) is 0 Å². The van der Waals surface area contributed by atoms with E-state index in [2.05, 4.69) is 152 Å². The van der Waals surface area contributed by atoms with Gasteiger partial charge in [-0.15, -0.1) is 0 Å². The van der Waals surface area contributed by atoms with Gasteiger partial charge < -0.3 is 4.74 Å². The number of hydrogen-bond acceptors (Lipinski definition) is 4. The van der Waals surface area contributed by atoms with Gasteiger partial charge in [0, 0.05) is 27.8 Å². The third-order valence-electron chi connectivity index (χ3n) is 11.5. The minimum absolute atomic E-state index is 0.583. The molecule has 0 bridgehead atoms. The summed E-state index contributed by atoms with van der Waals surface area (Å²) in [5.74, 6) is 3.57. The van der Waals surface area contributed by atoms with Gasteiger partial charge in [-0.25, -0.2) is 15.0 Å². The molecule has 10 aromatic rings. The van der Waals surface area contributed by atoms with E-state index in [1.165, 1.54) is 54.6 Å². The first-order valence-corrected chi connectivity index (χ1v) is 18.4. The van der Waals surface area contributed by atoms with Crippen molar-refractivity contribution in [1.82, 2.24) is 15.0 Å². The lowest BCUT2D eigenvalue weighted by atomic mass is 9.66. The standard InChI is InChI=1S/C50H29N3O/c1-2-11-32(12-3-1)47-51-48(53-49(52-47)36-27-33-23-21-30-13-10-14-31-22-24-34(28-36)46(33)45(30)31)35-25-26-44-42(29-35)50(41-19-8-9-20-43(41)54-44)39-17-6-4-15-37(39)38-16-5-7-18-40(38)50/h1-29H. The van der Waals surface area contributed by atoms with Gasteiger partial charge in [-0.3, -0.25) is 0 Å². The largest absolute Gasteiger partial charge is 0.457 e. The Hall–Kier alpha value is -7.17. The second-order valence-electron chi connectivity index (χ2n) is 14.3. The highest BCUT2D eigenvalue weighted by Crippen LogP contribution is 2.62. The van der Waals surface area contributed by atoms with Crippen molar-refractivity contribution < 1.29 is 4.74 Å². The summed E-state index contributed by atoms with van der Waals surface area (Å²) in [7, 11) is 0. The first kappa shape index (κ1) is 29.4. The van der Waals surface area contributed by atoms with Crippen molar-refractivity contribution in [3.05, 3.63) is 198 Å². The summed E-state index contributed by atoms with van der Waals surface area (Å²) in [6, 6.07) is 62.5. The minimum Gasteiger partial charge on any atom is -0.457 e. The molecule has 1 spiro atoms. The number of nitrogens with zero attached hydrogens (tertiary/aromatic N) is 3. The van der Waals surface area contributed by atoms with Crippen LogP contribution in [0.5, 0.6) is 11.5 Å². The van der Waals surface area contributed by atoms with Gasteiger partial charge in [0.05, 0.1) is 5.41 Å². The van der Waals surface area contributed by atoms with Crippen molar-refractivity contribution in [3.8, 4) is 56.8 Å². The number of ether oxygens (including phenoxy) is 1. The highest BCUT2D eigenvalue weighted by Gasteiger charge is 2.51. The number of para-hydroxylation sites is 1. The van der Waals surface area contributed by atoms with Crippen LogP contribution in [0.15, 0.2) is 176 Å². The lowest BCUT2D eigenvalue weighted by Gasteiger charge is -2.39. The second-order valence-corrected chi connectivity index (χ2v) is 14.3. The number of aromatic nitrogens is 3. The molecule has 0 saturated carbocycles. The Labute approximate surface area is 311 Å². The van der Waals surface area contributed by atoms with Crippen LogP contribution in [-0.4, -0.2) is 15.0 Å². The Morgan fingerprint density at radius 2 is 0.852 bits per heavy atom. The van der Waals surface area contributed by atoms with Crippen LogP contribution in [-0.2, 0) is 5.41 Å². The lowest BCUT2D eigenvalue weighted by Crippen LogP contribution is -2.32. The van der Waals surface area contributed by atoms with Crippen LogP contribution in [0, 0.1) is 0 Å². The Kier molecular flexibility index (Phi) is 5.95. The third-order valence-corrected chi connectivity index (χ3v) is 11.5. The Morgan fingerprint density at radius 1 is 0.333 bits per heavy atom. The van der Waals surface area contributed by atoms with Crippen molar-refractivity contribution in [3.63, 3.8) is 0 Å². The molecule has 1 aromatic heterocycles. The first-order chi connectivity index (χ1) is 26.7. The molecule has 4 nitrogen and oxygen atoms in total. The van der Waals surface area contributed by atoms with Crippen LogP contribution >= 0.6 is 0 Å². The Morgan fingerprint density at radius 3 is 1.54 bits per heavy atom. The fourth-order valence-corrected chi connectivity index (χ4v) is 9.23. The lowest BCUT2D eigenvalue weighted by molar-refractivity contribution is 0.436. The third kappa shape index (κ3) is 3.99. The molecule has 0 atom stereocenters. The number of benzene rings is 9. The first-order valence-electron chi connectivity index (χ1n) is 18.4. The van der Waals surface area contributed by atoms with Crippen molar-refractivity contribution >= 4 is 32.3 Å². The minimum atomic E-state index is -0.583. The zero-order valence-corrected chi connectivity index (χ0v) is 29.0. The molecular weight excluding hydrogens is 659 g/mol. The summed E-state index contributed by atoms with van der Waals surface area (Å²) in [5, 5.41) is 7.39. The summed E-state index contributed by atoms with van der Waals surface area (Å²) >= 11 is 0. The summed E-state index contributed by atoms with van der Waals surface area (Å²) in [6.45, 7) is 0. The van der Waals surface area contributed by atoms with Crippen LogP contribution in [0.2, 0.25) is 0 Å². The zero-order chi connectivity index (χ0) is 35.4. The smallest absolute Gasteiger partial charge is 0.164 e. The van der Waals surface area contributed by atoms with E-state index in [1.54, 1.807) is 0 Å². The summed E-state index contributed by atoms with van der Waals surface area (Å²) in [6.07, 6.45) is 0.